The van der Waals surface area contributed by atoms with Crippen molar-refractivity contribution in [3.05, 3.63) is 24.3 Å². The molecule has 1 aromatic carbocycles. The lowest BCUT2D eigenvalue weighted by Gasteiger charge is -2.17. The Labute approximate surface area is 121 Å². The van der Waals surface area contributed by atoms with Crippen LogP contribution in [0.15, 0.2) is 29.2 Å². The van der Waals surface area contributed by atoms with Gasteiger partial charge < -0.3 is 10.4 Å². The molecule has 0 aliphatic carbocycles. The minimum atomic E-state index is -3.44. The quantitative estimate of drug-likeness (QED) is 0.685. The Kier molecular flexibility index (Phi) is 6.45. The molecule has 0 aliphatic heterocycles. The number of rotatable bonds is 8. The van der Waals surface area contributed by atoms with Gasteiger partial charge in [-0.2, -0.15) is 0 Å². The lowest BCUT2D eigenvalue weighted by molar-refractivity contribution is 0.278. The fourth-order valence-electron chi connectivity index (χ4n) is 1.88. The Balaban J connectivity index is 2.78. The molecule has 0 spiro atoms. The third-order valence-electron chi connectivity index (χ3n) is 2.90. The fourth-order valence-corrected chi connectivity index (χ4v) is 3.13. The number of aliphatic hydroxyl groups excluding tert-OH is 1. The van der Waals surface area contributed by atoms with Crippen LogP contribution in [-0.4, -0.2) is 32.2 Å². The van der Waals surface area contributed by atoms with E-state index < -0.39 is 10.0 Å². The second-order valence-electron chi connectivity index (χ2n) is 5.06. The predicted octanol–water partition coefficient (Wildman–Crippen LogP) is 1.95. The number of benzene rings is 1. The first-order chi connectivity index (χ1) is 9.39. The maximum atomic E-state index is 12.0. The topological polar surface area (TPSA) is 78.4 Å². The van der Waals surface area contributed by atoms with E-state index in [1.54, 1.807) is 38.1 Å². The molecular weight excluding hydrogens is 276 g/mol. The van der Waals surface area contributed by atoms with E-state index in [0.717, 1.165) is 12.1 Å². The van der Waals surface area contributed by atoms with Crippen molar-refractivity contribution >= 4 is 15.7 Å². The van der Waals surface area contributed by atoms with Crippen molar-refractivity contribution in [1.82, 2.24) is 4.72 Å². The zero-order chi connectivity index (χ0) is 15.2. The van der Waals surface area contributed by atoms with Crippen LogP contribution in [0, 0.1) is 0 Å². The van der Waals surface area contributed by atoms with Crippen molar-refractivity contribution < 1.29 is 13.5 Å². The monoisotopic (exact) mass is 300 g/mol. The van der Waals surface area contributed by atoms with Gasteiger partial charge in [0.25, 0.3) is 0 Å². The van der Waals surface area contributed by atoms with Crippen LogP contribution in [0.3, 0.4) is 0 Å². The Morgan fingerprint density at radius 3 is 2.25 bits per heavy atom. The largest absolute Gasteiger partial charge is 0.396 e. The van der Waals surface area contributed by atoms with Crippen molar-refractivity contribution in [1.29, 1.82) is 0 Å². The highest BCUT2D eigenvalue weighted by Gasteiger charge is 2.15. The van der Waals surface area contributed by atoms with Crippen LogP contribution in [0.5, 0.6) is 0 Å². The lowest BCUT2D eigenvalue weighted by Crippen LogP contribution is -2.30. The van der Waals surface area contributed by atoms with Crippen LogP contribution in [0.25, 0.3) is 0 Å². The molecule has 114 valence electrons. The minimum absolute atomic E-state index is 0.133. The molecule has 1 unspecified atom stereocenters. The van der Waals surface area contributed by atoms with Gasteiger partial charge in [-0.3, -0.25) is 0 Å². The zero-order valence-electron chi connectivity index (χ0n) is 12.3. The molecule has 1 rings (SSSR count). The van der Waals surface area contributed by atoms with Crippen LogP contribution in [0.4, 0.5) is 5.69 Å². The lowest BCUT2D eigenvalue weighted by atomic mass is 10.1. The van der Waals surface area contributed by atoms with Gasteiger partial charge in [0.2, 0.25) is 10.0 Å². The van der Waals surface area contributed by atoms with E-state index in [-0.39, 0.29) is 23.6 Å². The van der Waals surface area contributed by atoms with Crippen LogP contribution in [0.2, 0.25) is 0 Å². The van der Waals surface area contributed by atoms with Crippen molar-refractivity contribution in [2.45, 2.75) is 50.6 Å². The van der Waals surface area contributed by atoms with Crippen LogP contribution >= 0.6 is 0 Å². The van der Waals surface area contributed by atoms with Crippen molar-refractivity contribution in [2.75, 3.05) is 11.9 Å². The third kappa shape index (κ3) is 5.11. The highest BCUT2D eigenvalue weighted by Crippen LogP contribution is 2.16. The van der Waals surface area contributed by atoms with E-state index in [2.05, 4.69) is 10.0 Å². The smallest absolute Gasteiger partial charge is 0.240 e. The maximum absolute atomic E-state index is 12.0. The summed E-state index contributed by atoms with van der Waals surface area (Å²) in [4.78, 5) is 0.256. The summed E-state index contributed by atoms with van der Waals surface area (Å²) in [5.74, 6) is 0. The van der Waals surface area contributed by atoms with Crippen LogP contribution < -0.4 is 10.0 Å². The number of hydrogen-bond donors (Lipinski definition) is 3. The normalized spacial score (nSPS) is 13.4. The van der Waals surface area contributed by atoms with Crippen molar-refractivity contribution in [3.63, 3.8) is 0 Å². The molecule has 0 aliphatic rings. The number of nitrogens with one attached hydrogen (secondary N) is 2. The summed E-state index contributed by atoms with van der Waals surface area (Å²) >= 11 is 0. The van der Waals surface area contributed by atoms with Gasteiger partial charge in [-0.1, -0.05) is 6.92 Å². The fraction of sp³-hybridized carbons (Fsp3) is 0.571. The van der Waals surface area contributed by atoms with Gasteiger partial charge in [0, 0.05) is 24.4 Å². The molecule has 0 amide bonds. The minimum Gasteiger partial charge on any atom is -0.396 e. The molecule has 0 radical (unpaired) electrons. The molecule has 0 saturated heterocycles. The molecule has 0 bridgehead atoms. The Hall–Kier alpha value is -1.11. The molecular formula is C14H24N2O3S. The van der Waals surface area contributed by atoms with E-state index in [9.17, 15) is 8.42 Å². The first-order valence-electron chi connectivity index (χ1n) is 6.88. The number of sulfonamides is 1. The van der Waals surface area contributed by atoms with Crippen molar-refractivity contribution in [3.8, 4) is 0 Å². The molecule has 1 atom stereocenters. The molecule has 20 heavy (non-hydrogen) atoms. The number of aliphatic hydroxyl groups is 1. The van der Waals surface area contributed by atoms with Gasteiger partial charge in [0.1, 0.15) is 0 Å². The first-order valence-corrected chi connectivity index (χ1v) is 8.37. The molecule has 6 heteroatoms. The summed E-state index contributed by atoms with van der Waals surface area (Å²) in [6, 6.07) is 6.71. The van der Waals surface area contributed by atoms with Gasteiger partial charge in [-0.05, 0) is 51.0 Å². The highest BCUT2D eigenvalue weighted by atomic mass is 32.2. The SMILES string of the molecule is CCC(CCO)Nc1ccc(S(=O)(=O)NC(C)C)cc1. The Morgan fingerprint density at radius 2 is 1.80 bits per heavy atom. The van der Waals surface area contributed by atoms with E-state index >= 15 is 0 Å². The van der Waals surface area contributed by atoms with Gasteiger partial charge in [0.05, 0.1) is 4.90 Å². The summed E-state index contributed by atoms with van der Waals surface area (Å²) in [6.07, 6.45) is 1.57. The van der Waals surface area contributed by atoms with Gasteiger partial charge >= 0.3 is 0 Å². The van der Waals surface area contributed by atoms with Gasteiger partial charge in [-0.25, -0.2) is 13.1 Å². The molecule has 3 N–H and O–H groups in total. The molecule has 0 aromatic heterocycles. The third-order valence-corrected chi connectivity index (χ3v) is 4.57. The van der Waals surface area contributed by atoms with E-state index in [4.69, 9.17) is 5.11 Å². The van der Waals surface area contributed by atoms with Gasteiger partial charge in [0.15, 0.2) is 0 Å². The zero-order valence-corrected chi connectivity index (χ0v) is 13.1. The molecule has 5 nitrogen and oxygen atoms in total. The average Bonchev–Trinajstić information content (AvgIpc) is 2.37. The maximum Gasteiger partial charge on any atom is 0.240 e. The van der Waals surface area contributed by atoms with E-state index in [1.165, 1.54) is 0 Å². The average molecular weight is 300 g/mol. The molecule has 0 fully saturated rings. The summed E-state index contributed by atoms with van der Waals surface area (Å²) < 4.78 is 26.5. The predicted molar refractivity (Wildman–Crippen MR) is 81.3 cm³/mol. The van der Waals surface area contributed by atoms with E-state index in [1.807, 2.05) is 6.92 Å². The standard InChI is InChI=1S/C14H24N2O3S/c1-4-12(9-10-17)15-13-5-7-14(8-6-13)20(18,19)16-11(2)3/h5-8,11-12,15-17H,4,9-10H2,1-3H3. The summed E-state index contributed by atoms with van der Waals surface area (Å²) in [5.41, 5.74) is 0.855. The second kappa shape index (κ2) is 7.61. The summed E-state index contributed by atoms with van der Waals surface area (Å²) in [7, 11) is -3.44. The second-order valence-corrected chi connectivity index (χ2v) is 6.78. The van der Waals surface area contributed by atoms with Gasteiger partial charge in [-0.15, -0.1) is 0 Å². The summed E-state index contributed by atoms with van der Waals surface area (Å²) in [6.45, 7) is 5.75. The van der Waals surface area contributed by atoms with E-state index in [0.29, 0.717) is 6.42 Å². The Bertz CT molecular complexity index is 498. The summed E-state index contributed by atoms with van der Waals surface area (Å²) in [5, 5.41) is 12.2. The Morgan fingerprint density at radius 1 is 1.20 bits per heavy atom. The molecule has 1 aromatic rings. The number of hydrogen-bond acceptors (Lipinski definition) is 4. The van der Waals surface area contributed by atoms with Crippen molar-refractivity contribution in [2.24, 2.45) is 0 Å². The van der Waals surface area contributed by atoms with Crippen LogP contribution in [0.1, 0.15) is 33.6 Å². The first kappa shape index (κ1) is 16.9. The highest BCUT2D eigenvalue weighted by molar-refractivity contribution is 7.89. The van der Waals surface area contributed by atoms with Crippen LogP contribution in [-0.2, 0) is 10.0 Å². The molecule has 0 heterocycles. The number of anilines is 1. The molecule has 0 saturated carbocycles.